The molecule has 1 heterocycles. The van der Waals surface area contributed by atoms with Gasteiger partial charge in [-0.05, 0) is 32.3 Å². The Kier molecular flexibility index (Phi) is 3.31. The fourth-order valence-electron chi connectivity index (χ4n) is 1.65. The van der Waals surface area contributed by atoms with Crippen molar-refractivity contribution in [2.75, 3.05) is 0 Å². The summed E-state index contributed by atoms with van der Waals surface area (Å²) in [6.45, 7) is 3.97. The van der Waals surface area contributed by atoms with Crippen LogP contribution in [-0.4, -0.2) is 22.7 Å². The molecule has 1 saturated carbocycles. The van der Waals surface area contributed by atoms with Gasteiger partial charge in [-0.15, -0.1) is 0 Å². The van der Waals surface area contributed by atoms with Crippen LogP contribution >= 0.6 is 0 Å². The molecule has 1 aliphatic rings. The van der Waals surface area contributed by atoms with Gasteiger partial charge in [0, 0.05) is 23.7 Å². The maximum absolute atomic E-state index is 11.8. The number of carbonyl (C=O) groups excluding carboxylic acids is 2. The summed E-state index contributed by atoms with van der Waals surface area (Å²) in [5, 5.41) is 2.86. The lowest BCUT2D eigenvalue weighted by Gasteiger charge is -2.09. The highest BCUT2D eigenvalue weighted by molar-refractivity contribution is 6.02. The molecule has 17 heavy (non-hydrogen) atoms. The quantitative estimate of drug-likeness (QED) is 0.767. The van der Waals surface area contributed by atoms with Crippen LogP contribution in [0, 0.1) is 5.92 Å². The van der Waals surface area contributed by atoms with Gasteiger partial charge in [0.2, 0.25) is 0 Å². The van der Waals surface area contributed by atoms with Gasteiger partial charge in [0.1, 0.15) is 5.69 Å². The lowest BCUT2D eigenvalue weighted by molar-refractivity contribution is 0.0934. The zero-order valence-corrected chi connectivity index (χ0v) is 10.2. The van der Waals surface area contributed by atoms with Gasteiger partial charge in [-0.2, -0.15) is 0 Å². The Balaban J connectivity index is 2.02. The maximum atomic E-state index is 11.8. The minimum Gasteiger partial charge on any atom is -0.356 e. The van der Waals surface area contributed by atoms with E-state index in [0.29, 0.717) is 11.3 Å². The molecule has 1 atom stereocenters. The summed E-state index contributed by atoms with van der Waals surface area (Å²) in [5.41, 5.74) is 1.09. The molecule has 0 saturated heterocycles. The zero-order valence-electron chi connectivity index (χ0n) is 10.2. The predicted octanol–water partition coefficient (Wildman–Crippen LogP) is 2.14. The Morgan fingerprint density at radius 2 is 2.24 bits per heavy atom. The average molecular weight is 234 g/mol. The number of aromatic nitrogens is 1. The lowest BCUT2D eigenvalue weighted by atomic mass is 10.1. The number of H-pyrrole nitrogens is 1. The number of amides is 1. The second-order valence-electron chi connectivity index (χ2n) is 4.72. The lowest BCUT2D eigenvalue weighted by Crippen LogP contribution is -2.32. The molecular formula is C13H18N2O2. The van der Waals surface area contributed by atoms with Crippen LogP contribution in [0.15, 0.2) is 12.3 Å². The van der Waals surface area contributed by atoms with E-state index in [2.05, 4.69) is 10.3 Å². The average Bonchev–Trinajstić information content (AvgIpc) is 3.04. The van der Waals surface area contributed by atoms with Gasteiger partial charge in [-0.1, -0.05) is 6.92 Å². The zero-order chi connectivity index (χ0) is 12.4. The number of hydrogen-bond acceptors (Lipinski definition) is 2. The molecule has 1 fully saturated rings. The van der Waals surface area contributed by atoms with E-state index in [4.69, 9.17) is 0 Å². The van der Waals surface area contributed by atoms with E-state index in [1.807, 2.05) is 13.8 Å². The molecule has 2 N–H and O–H groups in total. The topological polar surface area (TPSA) is 62.0 Å². The molecule has 0 unspecified atom stereocenters. The first-order chi connectivity index (χ1) is 8.11. The van der Waals surface area contributed by atoms with Gasteiger partial charge >= 0.3 is 0 Å². The molecule has 0 aromatic carbocycles. The molecule has 0 aliphatic heterocycles. The molecule has 1 aromatic heterocycles. The summed E-state index contributed by atoms with van der Waals surface area (Å²) < 4.78 is 0. The molecule has 4 heteroatoms. The Hall–Kier alpha value is -1.58. The van der Waals surface area contributed by atoms with Gasteiger partial charge < -0.3 is 10.3 Å². The molecule has 0 spiro atoms. The fraction of sp³-hybridized carbons (Fsp3) is 0.538. The van der Waals surface area contributed by atoms with E-state index in [-0.39, 0.29) is 23.7 Å². The largest absolute Gasteiger partial charge is 0.356 e. The number of hydrogen-bond donors (Lipinski definition) is 2. The van der Waals surface area contributed by atoms with Crippen molar-refractivity contribution in [3.8, 4) is 0 Å². The van der Waals surface area contributed by atoms with Crippen molar-refractivity contribution in [2.45, 2.75) is 39.2 Å². The minimum atomic E-state index is -0.144. The monoisotopic (exact) mass is 234 g/mol. The van der Waals surface area contributed by atoms with Crippen LogP contribution < -0.4 is 5.32 Å². The Bertz CT molecular complexity index is 432. The smallest absolute Gasteiger partial charge is 0.267 e. The van der Waals surface area contributed by atoms with E-state index >= 15 is 0 Å². The van der Waals surface area contributed by atoms with Gasteiger partial charge in [0.25, 0.3) is 5.91 Å². The number of rotatable bonds is 5. The Labute approximate surface area is 101 Å². The van der Waals surface area contributed by atoms with E-state index in [1.165, 1.54) is 0 Å². The van der Waals surface area contributed by atoms with Crippen molar-refractivity contribution in [1.82, 2.24) is 10.3 Å². The third-order valence-electron chi connectivity index (χ3n) is 3.15. The van der Waals surface area contributed by atoms with Crippen molar-refractivity contribution < 1.29 is 9.59 Å². The molecule has 4 nitrogen and oxygen atoms in total. The van der Waals surface area contributed by atoms with Crippen molar-refractivity contribution in [2.24, 2.45) is 5.92 Å². The summed E-state index contributed by atoms with van der Waals surface area (Å²) in [4.78, 5) is 26.4. The third-order valence-corrected chi connectivity index (χ3v) is 3.15. The Morgan fingerprint density at radius 1 is 1.53 bits per heavy atom. The van der Waals surface area contributed by atoms with Gasteiger partial charge in [-0.25, -0.2) is 0 Å². The van der Waals surface area contributed by atoms with Crippen LogP contribution in [0.2, 0.25) is 0 Å². The minimum absolute atomic E-state index is 0.144. The van der Waals surface area contributed by atoms with Crippen LogP contribution in [0.1, 0.15) is 54.0 Å². The molecule has 2 rings (SSSR count). The van der Waals surface area contributed by atoms with E-state index in [0.717, 1.165) is 19.3 Å². The molecule has 1 amide bonds. The molecule has 0 bridgehead atoms. The predicted molar refractivity (Wildman–Crippen MR) is 65.1 cm³/mol. The molecule has 1 aliphatic carbocycles. The van der Waals surface area contributed by atoms with E-state index in [9.17, 15) is 9.59 Å². The van der Waals surface area contributed by atoms with Crippen molar-refractivity contribution in [3.63, 3.8) is 0 Å². The van der Waals surface area contributed by atoms with Gasteiger partial charge in [0.05, 0.1) is 0 Å². The molecule has 1 aromatic rings. The number of aromatic amines is 1. The summed E-state index contributed by atoms with van der Waals surface area (Å²) in [7, 11) is 0. The van der Waals surface area contributed by atoms with Crippen molar-refractivity contribution in [3.05, 3.63) is 23.5 Å². The van der Waals surface area contributed by atoms with Crippen LogP contribution in [0.5, 0.6) is 0 Å². The first-order valence-corrected chi connectivity index (χ1v) is 6.15. The Morgan fingerprint density at radius 3 is 2.82 bits per heavy atom. The van der Waals surface area contributed by atoms with Crippen molar-refractivity contribution in [1.29, 1.82) is 0 Å². The van der Waals surface area contributed by atoms with E-state index < -0.39 is 0 Å². The standard InChI is InChI=1S/C13H18N2O2/c1-3-8(2)15-13(17)11-6-10(7-14-11)12(16)9-4-5-9/h6-9,14H,3-5H2,1-2H3,(H,15,17)/t8-/m1/s1. The van der Waals surface area contributed by atoms with Gasteiger partial charge in [0.15, 0.2) is 5.78 Å². The van der Waals surface area contributed by atoms with Crippen LogP contribution in [0.4, 0.5) is 0 Å². The highest BCUT2D eigenvalue weighted by atomic mass is 16.2. The second kappa shape index (κ2) is 4.73. The maximum Gasteiger partial charge on any atom is 0.267 e. The molecular weight excluding hydrogens is 216 g/mol. The number of nitrogens with one attached hydrogen (secondary N) is 2. The number of Topliss-reactive ketones (excluding diaryl/α,β-unsaturated/α-hetero) is 1. The second-order valence-corrected chi connectivity index (χ2v) is 4.72. The summed E-state index contributed by atoms with van der Waals surface area (Å²) >= 11 is 0. The number of carbonyl (C=O) groups is 2. The summed E-state index contributed by atoms with van der Waals surface area (Å²) in [5.74, 6) is 0.203. The molecule has 92 valence electrons. The highest BCUT2D eigenvalue weighted by Crippen LogP contribution is 2.32. The first kappa shape index (κ1) is 11.9. The van der Waals surface area contributed by atoms with E-state index in [1.54, 1.807) is 12.3 Å². The van der Waals surface area contributed by atoms with Crippen LogP contribution in [0.25, 0.3) is 0 Å². The third kappa shape index (κ3) is 2.75. The summed E-state index contributed by atoms with van der Waals surface area (Å²) in [6, 6.07) is 1.80. The SMILES string of the molecule is CC[C@@H](C)NC(=O)c1cc(C(=O)C2CC2)c[nH]1. The normalized spacial score (nSPS) is 16.6. The first-order valence-electron chi connectivity index (χ1n) is 6.15. The van der Waals surface area contributed by atoms with Crippen molar-refractivity contribution >= 4 is 11.7 Å². The summed E-state index contributed by atoms with van der Waals surface area (Å²) in [6.07, 6.45) is 4.49. The van der Waals surface area contributed by atoms with Crippen LogP contribution in [0.3, 0.4) is 0 Å². The van der Waals surface area contributed by atoms with Gasteiger partial charge in [-0.3, -0.25) is 9.59 Å². The van der Waals surface area contributed by atoms with Crippen LogP contribution in [-0.2, 0) is 0 Å². The molecule has 0 radical (unpaired) electrons. The fourth-order valence-corrected chi connectivity index (χ4v) is 1.65. The highest BCUT2D eigenvalue weighted by Gasteiger charge is 2.31. The number of ketones is 1.